The van der Waals surface area contributed by atoms with Crippen LogP contribution >= 0.6 is 0 Å². The van der Waals surface area contributed by atoms with Crippen LogP contribution in [0.1, 0.15) is 15.9 Å². The minimum absolute atomic E-state index is 0.00634. The topological polar surface area (TPSA) is 51.2 Å². The zero-order valence-electron chi connectivity index (χ0n) is 13.4. The molecular weight excluding hydrogens is 332 g/mol. The van der Waals surface area contributed by atoms with Crippen molar-refractivity contribution < 1.29 is 13.2 Å². The molecule has 3 aromatic rings. The quantitative estimate of drug-likeness (QED) is 0.508. The number of hydrogen-bond acceptors (Lipinski definition) is 3. The van der Waals surface area contributed by atoms with Crippen molar-refractivity contribution in [3.8, 4) is 0 Å². The molecule has 0 atom stereocenters. The van der Waals surface area contributed by atoms with Gasteiger partial charge in [-0.2, -0.15) is 0 Å². The molecule has 0 aromatic heterocycles. The maximum atomic E-state index is 13.1. The first-order chi connectivity index (χ1) is 12.1. The van der Waals surface area contributed by atoms with Gasteiger partial charge in [-0.05, 0) is 17.7 Å². The van der Waals surface area contributed by atoms with E-state index in [9.17, 15) is 13.2 Å². The van der Waals surface area contributed by atoms with Crippen molar-refractivity contribution in [2.75, 3.05) is 0 Å². The SMILES string of the molecule is O=C(/C=C(\c1ccccc1)S(=O)(=O)c1ccccc1)c1ccccc1. The van der Waals surface area contributed by atoms with Gasteiger partial charge in [-0.3, -0.25) is 4.79 Å². The molecule has 0 aliphatic heterocycles. The zero-order valence-corrected chi connectivity index (χ0v) is 14.2. The number of hydrogen-bond donors (Lipinski definition) is 0. The molecule has 0 radical (unpaired) electrons. The van der Waals surface area contributed by atoms with Gasteiger partial charge in [0.05, 0.1) is 9.80 Å². The smallest absolute Gasteiger partial charge is 0.207 e. The lowest BCUT2D eigenvalue weighted by Crippen LogP contribution is -2.07. The van der Waals surface area contributed by atoms with Crippen molar-refractivity contribution in [3.63, 3.8) is 0 Å². The van der Waals surface area contributed by atoms with Crippen LogP contribution in [0.3, 0.4) is 0 Å². The van der Waals surface area contributed by atoms with Crippen LogP contribution in [0.4, 0.5) is 0 Å². The van der Waals surface area contributed by atoms with E-state index in [1.165, 1.54) is 18.2 Å². The van der Waals surface area contributed by atoms with Crippen molar-refractivity contribution in [1.82, 2.24) is 0 Å². The molecule has 0 amide bonds. The van der Waals surface area contributed by atoms with Crippen molar-refractivity contribution in [3.05, 3.63) is 108 Å². The van der Waals surface area contributed by atoms with Gasteiger partial charge in [0.1, 0.15) is 0 Å². The van der Waals surface area contributed by atoms with Crippen LogP contribution < -0.4 is 0 Å². The van der Waals surface area contributed by atoms with E-state index in [4.69, 9.17) is 0 Å². The molecular formula is C21H16O3S. The standard InChI is InChI=1S/C21H16O3S/c22-20(17-10-4-1-5-11-17)16-21(18-12-6-2-7-13-18)25(23,24)19-14-8-3-9-15-19/h1-16H/b21-16+. The van der Waals surface area contributed by atoms with Gasteiger partial charge >= 0.3 is 0 Å². The van der Waals surface area contributed by atoms with E-state index in [-0.39, 0.29) is 15.6 Å². The number of ketones is 1. The van der Waals surface area contributed by atoms with E-state index >= 15 is 0 Å². The Morgan fingerprint density at radius 3 is 1.60 bits per heavy atom. The van der Waals surface area contributed by atoms with Crippen molar-refractivity contribution in [1.29, 1.82) is 0 Å². The third-order valence-corrected chi connectivity index (χ3v) is 5.55. The molecule has 0 aliphatic rings. The maximum absolute atomic E-state index is 13.1. The highest BCUT2D eigenvalue weighted by Crippen LogP contribution is 2.28. The van der Waals surface area contributed by atoms with E-state index < -0.39 is 9.84 Å². The Labute approximate surface area is 147 Å². The number of benzene rings is 3. The molecule has 0 bridgehead atoms. The van der Waals surface area contributed by atoms with Crippen LogP contribution in [0.5, 0.6) is 0 Å². The molecule has 3 nitrogen and oxygen atoms in total. The third kappa shape index (κ3) is 3.75. The van der Waals surface area contributed by atoms with Crippen LogP contribution in [-0.4, -0.2) is 14.2 Å². The summed E-state index contributed by atoms with van der Waals surface area (Å²) in [7, 11) is -3.82. The summed E-state index contributed by atoms with van der Waals surface area (Å²) in [5.41, 5.74) is 0.926. The lowest BCUT2D eigenvalue weighted by atomic mass is 10.1. The van der Waals surface area contributed by atoms with Gasteiger partial charge < -0.3 is 0 Å². The van der Waals surface area contributed by atoms with Crippen LogP contribution in [-0.2, 0) is 9.84 Å². The first-order valence-electron chi connectivity index (χ1n) is 7.76. The fourth-order valence-corrected chi connectivity index (χ4v) is 3.93. The molecule has 3 aromatic carbocycles. The molecule has 0 fully saturated rings. The Hall–Kier alpha value is -2.98. The first kappa shape index (κ1) is 16.9. The molecule has 25 heavy (non-hydrogen) atoms. The Balaban J connectivity index is 2.15. The number of rotatable bonds is 5. The van der Waals surface area contributed by atoms with Gasteiger partial charge in [0.2, 0.25) is 9.84 Å². The van der Waals surface area contributed by atoms with E-state index in [0.29, 0.717) is 11.1 Å². The fourth-order valence-electron chi connectivity index (χ4n) is 2.45. The Bertz CT molecular complexity index is 991. The van der Waals surface area contributed by atoms with Gasteiger partial charge in [0, 0.05) is 11.6 Å². The first-order valence-corrected chi connectivity index (χ1v) is 9.24. The summed E-state index contributed by atoms with van der Waals surface area (Å²) < 4.78 is 26.2. The summed E-state index contributed by atoms with van der Waals surface area (Å²) in [6, 6.07) is 25.4. The Kier molecular flexibility index (Phi) is 4.91. The van der Waals surface area contributed by atoms with Gasteiger partial charge in [-0.1, -0.05) is 78.9 Å². The summed E-state index contributed by atoms with van der Waals surface area (Å²) >= 11 is 0. The molecule has 0 N–H and O–H groups in total. The summed E-state index contributed by atoms with van der Waals surface area (Å²) in [6.07, 6.45) is 1.20. The number of sulfone groups is 1. The lowest BCUT2D eigenvalue weighted by molar-refractivity contribution is 0.104. The lowest BCUT2D eigenvalue weighted by Gasteiger charge is -2.10. The van der Waals surface area contributed by atoms with Gasteiger partial charge in [-0.25, -0.2) is 8.42 Å². The van der Waals surface area contributed by atoms with Gasteiger partial charge in [0.25, 0.3) is 0 Å². The van der Waals surface area contributed by atoms with Crippen LogP contribution in [0.15, 0.2) is 102 Å². The second-order valence-corrected chi connectivity index (χ2v) is 7.34. The Morgan fingerprint density at radius 1 is 0.640 bits per heavy atom. The normalized spacial score (nSPS) is 11.9. The zero-order chi connectivity index (χ0) is 17.7. The molecule has 3 rings (SSSR count). The van der Waals surface area contributed by atoms with Crippen LogP contribution in [0.25, 0.3) is 4.91 Å². The summed E-state index contributed by atoms with van der Waals surface area (Å²) in [6.45, 7) is 0. The average molecular weight is 348 g/mol. The van der Waals surface area contributed by atoms with Gasteiger partial charge in [0.15, 0.2) is 5.78 Å². The monoisotopic (exact) mass is 348 g/mol. The molecule has 0 unspecified atom stereocenters. The average Bonchev–Trinajstić information content (AvgIpc) is 2.68. The second kappa shape index (κ2) is 7.28. The molecule has 0 spiro atoms. The van der Waals surface area contributed by atoms with Crippen LogP contribution in [0.2, 0.25) is 0 Å². The van der Waals surface area contributed by atoms with Gasteiger partial charge in [-0.15, -0.1) is 0 Å². The van der Waals surface area contributed by atoms with E-state index in [1.54, 1.807) is 78.9 Å². The number of carbonyl (C=O) groups is 1. The van der Waals surface area contributed by atoms with E-state index in [1.807, 2.05) is 0 Å². The Morgan fingerprint density at radius 2 is 1.08 bits per heavy atom. The minimum Gasteiger partial charge on any atom is -0.289 e. The van der Waals surface area contributed by atoms with Crippen molar-refractivity contribution in [2.45, 2.75) is 4.90 Å². The minimum atomic E-state index is -3.82. The largest absolute Gasteiger partial charge is 0.289 e. The highest BCUT2D eigenvalue weighted by molar-refractivity contribution is 8.00. The summed E-state index contributed by atoms with van der Waals surface area (Å²) in [5, 5.41) is 0. The predicted molar refractivity (Wildman–Crippen MR) is 98.8 cm³/mol. The highest BCUT2D eigenvalue weighted by atomic mass is 32.2. The van der Waals surface area contributed by atoms with Crippen molar-refractivity contribution in [2.24, 2.45) is 0 Å². The molecule has 124 valence electrons. The van der Waals surface area contributed by atoms with E-state index in [0.717, 1.165) is 0 Å². The molecule has 0 saturated heterocycles. The molecule has 0 saturated carbocycles. The highest BCUT2D eigenvalue weighted by Gasteiger charge is 2.23. The molecule has 0 heterocycles. The fraction of sp³-hybridized carbons (Fsp3) is 0. The second-order valence-electron chi connectivity index (χ2n) is 5.42. The maximum Gasteiger partial charge on any atom is 0.207 e. The van der Waals surface area contributed by atoms with Crippen molar-refractivity contribution >= 4 is 20.5 Å². The van der Waals surface area contributed by atoms with Crippen LogP contribution in [0, 0.1) is 0 Å². The number of allylic oxidation sites excluding steroid dienone is 1. The predicted octanol–water partition coefficient (Wildman–Crippen LogP) is 4.38. The summed E-state index contributed by atoms with van der Waals surface area (Å²) in [5.74, 6) is -0.348. The number of carbonyl (C=O) groups excluding carboxylic acids is 1. The van der Waals surface area contributed by atoms with E-state index in [2.05, 4.69) is 0 Å². The molecule has 0 aliphatic carbocycles. The summed E-state index contributed by atoms with van der Waals surface area (Å²) in [4.78, 5) is 12.7. The third-order valence-electron chi connectivity index (χ3n) is 3.72. The molecule has 4 heteroatoms.